The molecule has 1 amide bonds. The van der Waals surface area contributed by atoms with Gasteiger partial charge in [-0.15, -0.1) is 0 Å². The molecule has 0 bridgehead atoms. The Morgan fingerprint density at radius 2 is 2.10 bits per heavy atom. The van der Waals surface area contributed by atoms with Crippen molar-refractivity contribution in [2.75, 3.05) is 44.7 Å². The number of amides is 1. The first kappa shape index (κ1) is 26.8. The van der Waals surface area contributed by atoms with E-state index < -0.39 is 0 Å². The maximum atomic E-state index is 16.1. The first-order chi connectivity index (χ1) is 20.4. The van der Waals surface area contributed by atoms with Gasteiger partial charge in [0.1, 0.15) is 18.2 Å². The van der Waals surface area contributed by atoms with Crippen LogP contribution in [0.4, 0.5) is 10.2 Å². The topological polar surface area (TPSA) is 85.6 Å². The third-order valence-electron chi connectivity index (χ3n) is 9.65. The molecule has 216 valence electrons. The molecular weight excluding hydrogens is 531 g/mol. The lowest BCUT2D eigenvalue weighted by Crippen LogP contribution is -2.55. The quantitative estimate of drug-likeness (QED) is 0.384. The van der Waals surface area contributed by atoms with E-state index in [1.165, 1.54) is 23.6 Å². The summed E-state index contributed by atoms with van der Waals surface area (Å²) in [4.78, 5) is 28.1. The van der Waals surface area contributed by atoms with Crippen LogP contribution in [-0.2, 0) is 11.2 Å². The fraction of sp³-hybridized carbons (Fsp3) is 0.455. The summed E-state index contributed by atoms with van der Waals surface area (Å²) in [5.74, 6) is 1.28. The minimum atomic E-state index is -0.335. The lowest BCUT2D eigenvalue weighted by Gasteiger charge is -2.41. The second kappa shape index (κ2) is 10.7. The van der Waals surface area contributed by atoms with Gasteiger partial charge in [0.15, 0.2) is 0 Å². The molecule has 2 aliphatic heterocycles. The van der Waals surface area contributed by atoms with E-state index in [-0.39, 0.29) is 30.2 Å². The van der Waals surface area contributed by atoms with E-state index >= 15 is 4.39 Å². The van der Waals surface area contributed by atoms with E-state index in [4.69, 9.17) is 14.7 Å². The molecule has 2 aromatic carbocycles. The van der Waals surface area contributed by atoms with Gasteiger partial charge in [-0.05, 0) is 86.0 Å². The second-order valence-corrected chi connectivity index (χ2v) is 12.1. The summed E-state index contributed by atoms with van der Waals surface area (Å²) in [7, 11) is 2.10. The van der Waals surface area contributed by atoms with Crippen LogP contribution in [0.25, 0.3) is 22.0 Å². The van der Waals surface area contributed by atoms with E-state index in [1.54, 1.807) is 11.0 Å². The van der Waals surface area contributed by atoms with Gasteiger partial charge in [0.05, 0.1) is 24.0 Å². The Morgan fingerprint density at radius 1 is 1.21 bits per heavy atom. The van der Waals surface area contributed by atoms with Crippen LogP contribution in [0, 0.1) is 23.1 Å². The second-order valence-electron chi connectivity index (χ2n) is 12.1. The molecule has 3 aromatic rings. The van der Waals surface area contributed by atoms with Gasteiger partial charge in [-0.25, -0.2) is 4.39 Å². The number of carbonyl (C=O) groups is 1. The van der Waals surface area contributed by atoms with Gasteiger partial charge in [0.25, 0.3) is 0 Å². The first-order valence-corrected chi connectivity index (χ1v) is 15.0. The van der Waals surface area contributed by atoms with Crippen LogP contribution in [0.15, 0.2) is 43.0 Å². The van der Waals surface area contributed by atoms with E-state index in [1.807, 2.05) is 23.1 Å². The van der Waals surface area contributed by atoms with Crippen LogP contribution in [0.2, 0.25) is 0 Å². The van der Waals surface area contributed by atoms with Gasteiger partial charge in [0, 0.05) is 36.6 Å². The van der Waals surface area contributed by atoms with Crippen molar-refractivity contribution in [2.24, 2.45) is 5.92 Å². The Kier molecular flexibility index (Phi) is 6.82. The summed E-state index contributed by atoms with van der Waals surface area (Å²) >= 11 is 0. The van der Waals surface area contributed by atoms with Crippen molar-refractivity contribution in [1.29, 1.82) is 5.26 Å². The zero-order chi connectivity index (χ0) is 29.0. The fourth-order valence-corrected chi connectivity index (χ4v) is 7.29. The normalized spacial score (nSPS) is 24.8. The van der Waals surface area contributed by atoms with Crippen LogP contribution in [-0.4, -0.2) is 77.6 Å². The van der Waals surface area contributed by atoms with Crippen LogP contribution in [0.5, 0.6) is 6.01 Å². The number of ether oxygens (including phenoxy) is 1. The van der Waals surface area contributed by atoms with Crippen molar-refractivity contribution in [1.82, 2.24) is 19.8 Å². The molecule has 3 unspecified atom stereocenters. The number of piperazine rings is 1. The number of hydrogen-bond acceptors (Lipinski definition) is 7. The zero-order valence-electron chi connectivity index (χ0n) is 23.9. The lowest BCUT2D eigenvalue weighted by atomic mass is 9.93. The Bertz CT molecular complexity index is 1620. The Labute approximate surface area is 245 Å². The van der Waals surface area contributed by atoms with Crippen LogP contribution in [0.1, 0.15) is 42.7 Å². The minimum Gasteiger partial charge on any atom is -0.462 e. The Hall–Kier alpha value is -4.03. The molecule has 4 aliphatic rings. The number of likely N-dealkylation sites (tertiary alicyclic amines) is 1. The molecule has 0 radical (unpaired) electrons. The number of anilines is 1. The van der Waals surface area contributed by atoms with Gasteiger partial charge < -0.3 is 19.4 Å². The molecule has 0 spiro atoms. The highest BCUT2D eigenvalue weighted by atomic mass is 19.1. The van der Waals surface area contributed by atoms with Gasteiger partial charge in [-0.3, -0.25) is 4.79 Å². The van der Waals surface area contributed by atoms with Crippen molar-refractivity contribution in [3.63, 3.8) is 0 Å². The zero-order valence-corrected chi connectivity index (χ0v) is 23.9. The van der Waals surface area contributed by atoms with E-state index in [0.717, 1.165) is 31.4 Å². The molecule has 0 N–H and O–H groups in total. The average molecular weight is 567 g/mol. The standard InChI is InChI=1S/C33H35FN6O2/c1-3-30(41)40-13-12-39(18-22(40)9-10-35)32-27-16-28(34)26(24-8-4-6-20-14-21-15-25(21)31(20)24)17-29(27)36-33(37-32)42-19-23-7-5-11-38(23)2/h3-4,6,8,16-17,21-23,25H,1,5,7,9,11-15,18-19H2,2H3/t21?,22-,23?,25?/m0/s1. The summed E-state index contributed by atoms with van der Waals surface area (Å²) in [6.45, 7) is 6.42. The van der Waals surface area contributed by atoms with E-state index in [0.29, 0.717) is 66.4 Å². The maximum Gasteiger partial charge on any atom is 0.319 e. The summed E-state index contributed by atoms with van der Waals surface area (Å²) in [6, 6.07) is 12.1. The third-order valence-corrected chi connectivity index (χ3v) is 9.65. The minimum absolute atomic E-state index is 0.177. The largest absolute Gasteiger partial charge is 0.462 e. The number of halogens is 1. The molecule has 9 heteroatoms. The van der Waals surface area contributed by atoms with Crippen molar-refractivity contribution in [2.45, 2.75) is 50.1 Å². The molecule has 2 saturated heterocycles. The van der Waals surface area contributed by atoms with Gasteiger partial charge in [-0.1, -0.05) is 24.8 Å². The van der Waals surface area contributed by atoms with Gasteiger partial charge in [0.2, 0.25) is 5.91 Å². The fourth-order valence-electron chi connectivity index (χ4n) is 7.29. The number of rotatable bonds is 7. The highest BCUT2D eigenvalue weighted by molar-refractivity contribution is 5.94. The molecule has 8 nitrogen and oxygen atoms in total. The molecule has 42 heavy (non-hydrogen) atoms. The molecule has 3 heterocycles. The third kappa shape index (κ3) is 4.68. The van der Waals surface area contributed by atoms with Crippen LogP contribution in [0.3, 0.4) is 0 Å². The van der Waals surface area contributed by atoms with Gasteiger partial charge in [-0.2, -0.15) is 15.2 Å². The van der Waals surface area contributed by atoms with Crippen LogP contribution < -0.4 is 9.64 Å². The lowest BCUT2D eigenvalue weighted by molar-refractivity contribution is -0.128. The molecule has 1 saturated carbocycles. The summed E-state index contributed by atoms with van der Waals surface area (Å²) in [6.07, 6.45) is 5.91. The van der Waals surface area contributed by atoms with E-state index in [2.05, 4.69) is 30.7 Å². The number of likely N-dealkylation sites (N-methyl/N-ethyl adjacent to an activating group) is 1. The maximum absolute atomic E-state index is 16.1. The number of carbonyl (C=O) groups excluding carboxylic acids is 1. The number of hydrogen-bond donors (Lipinski definition) is 0. The number of nitrogens with zero attached hydrogens (tertiary/aromatic N) is 6. The van der Waals surface area contributed by atoms with Crippen molar-refractivity contribution >= 4 is 22.6 Å². The Balaban J connectivity index is 1.29. The SMILES string of the molecule is C=CC(=O)N1CCN(c2nc(OCC3CCCN3C)nc3cc(-c4cccc5c4C4CC4C5)c(F)cc23)C[C@@H]1CC#N. The first-order valence-electron chi connectivity index (χ1n) is 15.0. The van der Waals surface area contributed by atoms with Gasteiger partial charge >= 0.3 is 6.01 Å². The highest BCUT2D eigenvalue weighted by Crippen LogP contribution is 2.58. The summed E-state index contributed by atoms with van der Waals surface area (Å²) < 4.78 is 22.3. The summed E-state index contributed by atoms with van der Waals surface area (Å²) in [5.41, 5.74) is 4.75. The molecule has 3 fully saturated rings. The highest BCUT2D eigenvalue weighted by Gasteiger charge is 2.46. The molecule has 1 aromatic heterocycles. The van der Waals surface area contributed by atoms with E-state index in [9.17, 15) is 10.1 Å². The summed E-state index contributed by atoms with van der Waals surface area (Å²) in [5, 5.41) is 10.1. The molecule has 4 atom stereocenters. The monoisotopic (exact) mass is 566 g/mol. The smallest absolute Gasteiger partial charge is 0.319 e. The van der Waals surface area contributed by atoms with Crippen molar-refractivity contribution < 1.29 is 13.9 Å². The van der Waals surface area contributed by atoms with Crippen LogP contribution >= 0.6 is 0 Å². The number of nitriles is 1. The number of benzene rings is 2. The molecule has 7 rings (SSSR count). The predicted molar refractivity (Wildman–Crippen MR) is 159 cm³/mol. The number of aromatic nitrogens is 2. The molecule has 2 aliphatic carbocycles. The Morgan fingerprint density at radius 3 is 2.88 bits per heavy atom. The van der Waals surface area contributed by atoms with Crippen molar-refractivity contribution in [3.05, 3.63) is 59.9 Å². The van der Waals surface area contributed by atoms with Crippen molar-refractivity contribution in [3.8, 4) is 23.2 Å². The average Bonchev–Trinajstić information content (AvgIpc) is 3.47. The number of fused-ring (bicyclic) bond motifs is 4. The molecular formula is C33H35FN6O2. The predicted octanol–water partition coefficient (Wildman–Crippen LogP) is 4.69.